The number of aryl methyl sites for hydroxylation is 1. The van der Waals surface area contributed by atoms with E-state index in [0.29, 0.717) is 6.04 Å². The summed E-state index contributed by atoms with van der Waals surface area (Å²) in [6, 6.07) is 2.04. The lowest BCUT2D eigenvalue weighted by Gasteiger charge is -2.29. The van der Waals surface area contributed by atoms with E-state index in [0.717, 1.165) is 31.0 Å². The van der Waals surface area contributed by atoms with Crippen LogP contribution in [0.1, 0.15) is 61.9 Å². The van der Waals surface area contributed by atoms with Crippen molar-refractivity contribution >= 4 is 11.3 Å². The van der Waals surface area contributed by atoms with Gasteiger partial charge < -0.3 is 10.6 Å². The zero-order valence-electron chi connectivity index (χ0n) is 12.7. The van der Waals surface area contributed by atoms with Crippen LogP contribution in [-0.2, 0) is 6.42 Å². The van der Waals surface area contributed by atoms with E-state index in [-0.39, 0.29) is 0 Å². The molecule has 2 N–H and O–H groups in total. The van der Waals surface area contributed by atoms with Crippen LogP contribution in [0.4, 0.5) is 0 Å². The molecule has 1 aromatic rings. The predicted molar refractivity (Wildman–Crippen MR) is 85.2 cm³/mol. The lowest BCUT2D eigenvalue weighted by Crippen LogP contribution is -2.38. The average molecular weight is 293 g/mol. The lowest BCUT2D eigenvalue weighted by molar-refractivity contribution is 0.281. The average Bonchev–Trinajstić information content (AvgIpc) is 3.05. The third-order valence-electron chi connectivity index (χ3n) is 4.86. The molecule has 3 heterocycles. The first kappa shape index (κ1) is 14.5. The fraction of sp³-hybridized carbons (Fsp3) is 0.812. The van der Waals surface area contributed by atoms with Gasteiger partial charge in [0.1, 0.15) is 5.01 Å². The highest BCUT2D eigenvalue weighted by Gasteiger charge is 2.32. The first-order valence-electron chi connectivity index (χ1n) is 8.18. The van der Waals surface area contributed by atoms with Gasteiger partial charge in [0.2, 0.25) is 0 Å². The number of nitrogens with zero attached hydrogens (tertiary/aromatic N) is 1. The van der Waals surface area contributed by atoms with E-state index in [2.05, 4.69) is 29.5 Å². The predicted octanol–water partition coefficient (Wildman–Crippen LogP) is 3.28. The molecule has 2 fully saturated rings. The van der Waals surface area contributed by atoms with Gasteiger partial charge >= 0.3 is 0 Å². The van der Waals surface area contributed by atoms with Crippen LogP contribution >= 0.6 is 11.3 Å². The van der Waals surface area contributed by atoms with Crippen molar-refractivity contribution in [3.8, 4) is 0 Å². The second-order valence-electron chi connectivity index (χ2n) is 6.46. The van der Waals surface area contributed by atoms with Gasteiger partial charge in [-0.05, 0) is 57.9 Å². The SMILES string of the molecule is CCc1cnc(C(C)NCCC2CC3CCC(C2)N3)s1. The summed E-state index contributed by atoms with van der Waals surface area (Å²) in [5.74, 6) is 0.927. The minimum absolute atomic E-state index is 0.402. The molecule has 3 rings (SSSR count). The first-order valence-corrected chi connectivity index (χ1v) is 9.00. The summed E-state index contributed by atoms with van der Waals surface area (Å²) >= 11 is 1.85. The van der Waals surface area contributed by atoms with Crippen LogP contribution in [0.3, 0.4) is 0 Å². The molecule has 2 bridgehead atoms. The van der Waals surface area contributed by atoms with Gasteiger partial charge in [-0.2, -0.15) is 0 Å². The summed E-state index contributed by atoms with van der Waals surface area (Å²) in [7, 11) is 0. The molecule has 0 radical (unpaired) electrons. The maximum absolute atomic E-state index is 4.53. The topological polar surface area (TPSA) is 37.0 Å². The molecule has 3 unspecified atom stereocenters. The standard InChI is InChI=1S/C16H27N3S/c1-3-15-10-18-16(20-15)11(2)17-7-6-12-8-13-4-5-14(9-12)19-13/h10-14,17,19H,3-9H2,1-2H3. The monoisotopic (exact) mass is 293 g/mol. The quantitative estimate of drug-likeness (QED) is 0.845. The summed E-state index contributed by atoms with van der Waals surface area (Å²) in [5, 5.41) is 8.63. The Morgan fingerprint density at radius 3 is 2.80 bits per heavy atom. The largest absolute Gasteiger partial charge is 0.311 e. The van der Waals surface area contributed by atoms with E-state index < -0.39 is 0 Å². The number of piperidine rings is 1. The molecule has 4 heteroatoms. The van der Waals surface area contributed by atoms with Crippen molar-refractivity contribution in [1.82, 2.24) is 15.6 Å². The Morgan fingerprint density at radius 2 is 2.15 bits per heavy atom. The van der Waals surface area contributed by atoms with Crippen LogP contribution in [0.5, 0.6) is 0 Å². The second-order valence-corrected chi connectivity index (χ2v) is 7.60. The Labute approximate surface area is 126 Å². The molecule has 2 aliphatic heterocycles. The van der Waals surface area contributed by atoms with Gasteiger partial charge in [0, 0.05) is 23.2 Å². The van der Waals surface area contributed by atoms with Crippen molar-refractivity contribution in [2.75, 3.05) is 6.54 Å². The zero-order valence-corrected chi connectivity index (χ0v) is 13.5. The Bertz CT molecular complexity index is 419. The molecule has 0 saturated carbocycles. The highest BCUT2D eigenvalue weighted by atomic mass is 32.1. The number of rotatable bonds is 6. The third-order valence-corrected chi connectivity index (χ3v) is 6.19. The lowest BCUT2D eigenvalue weighted by atomic mass is 9.90. The van der Waals surface area contributed by atoms with E-state index in [1.165, 1.54) is 42.0 Å². The van der Waals surface area contributed by atoms with E-state index in [4.69, 9.17) is 0 Å². The van der Waals surface area contributed by atoms with E-state index in [1.54, 1.807) is 0 Å². The highest BCUT2D eigenvalue weighted by Crippen LogP contribution is 2.32. The van der Waals surface area contributed by atoms with Crippen molar-refractivity contribution in [2.45, 2.75) is 70.5 Å². The van der Waals surface area contributed by atoms with Crippen LogP contribution in [0.2, 0.25) is 0 Å². The van der Waals surface area contributed by atoms with Gasteiger partial charge in [-0.1, -0.05) is 6.92 Å². The molecule has 3 nitrogen and oxygen atoms in total. The molecule has 2 saturated heterocycles. The molecule has 2 aliphatic rings. The van der Waals surface area contributed by atoms with Crippen LogP contribution in [0.15, 0.2) is 6.20 Å². The Hall–Kier alpha value is -0.450. The van der Waals surface area contributed by atoms with Crippen molar-refractivity contribution < 1.29 is 0 Å². The molecule has 0 aromatic carbocycles. The maximum Gasteiger partial charge on any atom is 0.109 e. The number of hydrogen-bond acceptors (Lipinski definition) is 4. The number of nitrogens with one attached hydrogen (secondary N) is 2. The smallest absolute Gasteiger partial charge is 0.109 e. The number of aromatic nitrogens is 1. The Balaban J connectivity index is 1.41. The van der Waals surface area contributed by atoms with Crippen molar-refractivity contribution in [2.24, 2.45) is 5.92 Å². The fourth-order valence-corrected chi connectivity index (χ4v) is 4.57. The molecule has 20 heavy (non-hydrogen) atoms. The van der Waals surface area contributed by atoms with Crippen molar-refractivity contribution in [1.29, 1.82) is 0 Å². The van der Waals surface area contributed by atoms with Crippen molar-refractivity contribution in [3.05, 3.63) is 16.1 Å². The van der Waals surface area contributed by atoms with E-state index in [1.807, 2.05) is 17.5 Å². The van der Waals surface area contributed by atoms with E-state index >= 15 is 0 Å². The first-order chi connectivity index (χ1) is 9.74. The highest BCUT2D eigenvalue weighted by molar-refractivity contribution is 7.11. The summed E-state index contributed by atoms with van der Waals surface area (Å²) in [5.41, 5.74) is 0. The van der Waals surface area contributed by atoms with Crippen LogP contribution < -0.4 is 10.6 Å². The number of thiazole rings is 1. The summed E-state index contributed by atoms with van der Waals surface area (Å²) in [6.45, 7) is 5.57. The molecular formula is C16H27N3S. The normalized spacial score (nSPS) is 30.6. The summed E-state index contributed by atoms with van der Waals surface area (Å²) in [4.78, 5) is 5.92. The molecule has 0 spiro atoms. The molecule has 0 aliphatic carbocycles. The third kappa shape index (κ3) is 3.41. The number of fused-ring (bicyclic) bond motifs is 2. The van der Waals surface area contributed by atoms with Crippen molar-refractivity contribution in [3.63, 3.8) is 0 Å². The van der Waals surface area contributed by atoms with Gasteiger partial charge in [0.25, 0.3) is 0 Å². The van der Waals surface area contributed by atoms with E-state index in [9.17, 15) is 0 Å². The molecule has 0 amide bonds. The summed E-state index contributed by atoms with van der Waals surface area (Å²) < 4.78 is 0. The fourth-order valence-electron chi connectivity index (χ4n) is 3.69. The van der Waals surface area contributed by atoms with Gasteiger partial charge in [0.15, 0.2) is 0 Å². The van der Waals surface area contributed by atoms with Gasteiger partial charge in [0.05, 0.1) is 6.04 Å². The van der Waals surface area contributed by atoms with Gasteiger partial charge in [-0.15, -0.1) is 11.3 Å². The van der Waals surface area contributed by atoms with Crippen LogP contribution in [0.25, 0.3) is 0 Å². The molecule has 3 atom stereocenters. The zero-order chi connectivity index (χ0) is 13.9. The minimum atomic E-state index is 0.402. The van der Waals surface area contributed by atoms with Crippen LogP contribution in [0, 0.1) is 5.92 Å². The minimum Gasteiger partial charge on any atom is -0.311 e. The molecule has 1 aromatic heterocycles. The Morgan fingerprint density at radius 1 is 1.40 bits per heavy atom. The van der Waals surface area contributed by atoms with Gasteiger partial charge in [-0.25, -0.2) is 4.98 Å². The Kier molecular flexibility index (Phi) is 4.74. The number of hydrogen-bond donors (Lipinski definition) is 2. The van der Waals surface area contributed by atoms with Crippen LogP contribution in [-0.4, -0.2) is 23.6 Å². The summed E-state index contributed by atoms with van der Waals surface area (Å²) in [6.07, 6.45) is 10.1. The van der Waals surface area contributed by atoms with Gasteiger partial charge in [-0.3, -0.25) is 0 Å². The molecular weight excluding hydrogens is 266 g/mol. The maximum atomic E-state index is 4.53. The second kappa shape index (κ2) is 6.54. The molecule has 112 valence electrons.